The molecule has 0 atom stereocenters. The van der Waals surface area contributed by atoms with E-state index in [1.54, 1.807) is 13.3 Å². The molecule has 3 aromatic heterocycles. The minimum absolute atomic E-state index is 0.00872. The number of anilines is 1. The molecule has 14 nitrogen and oxygen atoms in total. The zero-order valence-corrected chi connectivity index (χ0v) is 23.3. The number of methoxy groups -OCH3 is 1. The molecule has 0 radical (unpaired) electrons. The van der Waals surface area contributed by atoms with Gasteiger partial charge in [-0.2, -0.15) is 14.9 Å². The summed E-state index contributed by atoms with van der Waals surface area (Å²) in [7, 11) is 1.62. The third-order valence-electron chi connectivity index (χ3n) is 6.52. The number of amides is 1. The first-order valence-electron chi connectivity index (χ1n) is 12.3. The standard InChI is InChI=1S/C24H28BrN11O3/c1-14-20(25)15(2)35(30-14)12-17-10-16(6-7-19(17)38-3)11-27-29-24(37)21-18(13-34-8-4-5-9-34)28-33-36(21)23-22(26)31-39-32-23/h6-7,10-11H,4-5,8-9,12-13H2,1-3H3,(H2,26,31)(H,29,37)/b27-11-. The summed E-state index contributed by atoms with van der Waals surface area (Å²) in [6, 6.07) is 5.64. The number of aryl methyl sites for hydroxylation is 1. The van der Waals surface area contributed by atoms with Gasteiger partial charge in [0.15, 0.2) is 5.69 Å². The maximum absolute atomic E-state index is 13.3. The minimum atomic E-state index is -0.519. The number of nitrogens with two attached hydrogens (primary N) is 1. The lowest BCUT2D eigenvalue weighted by Gasteiger charge is -2.13. The molecule has 39 heavy (non-hydrogen) atoms. The van der Waals surface area contributed by atoms with Crippen molar-refractivity contribution in [1.29, 1.82) is 0 Å². The van der Waals surface area contributed by atoms with E-state index in [9.17, 15) is 4.79 Å². The smallest absolute Gasteiger partial charge is 0.292 e. The first-order valence-corrected chi connectivity index (χ1v) is 13.1. The topological polar surface area (TPSA) is 167 Å². The average molecular weight is 598 g/mol. The van der Waals surface area contributed by atoms with Gasteiger partial charge in [-0.25, -0.2) is 10.1 Å². The molecule has 3 N–H and O–H groups in total. The number of hydrogen-bond acceptors (Lipinski definition) is 11. The van der Waals surface area contributed by atoms with Crippen molar-refractivity contribution in [1.82, 2.24) is 45.4 Å². The zero-order chi connectivity index (χ0) is 27.5. The Labute approximate surface area is 232 Å². The number of likely N-dealkylation sites (tertiary alicyclic amines) is 1. The Kier molecular flexibility index (Phi) is 7.70. The summed E-state index contributed by atoms with van der Waals surface area (Å²) in [6.07, 6.45) is 3.75. The SMILES string of the molecule is COc1ccc(/C=N\NC(=O)c2c(CN3CCCC3)nnn2-c2nonc2N)cc1Cn1nc(C)c(Br)c1C. The summed E-state index contributed by atoms with van der Waals surface area (Å²) >= 11 is 3.57. The summed E-state index contributed by atoms with van der Waals surface area (Å²) < 4.78 is 14.4. The zero-order valence-electron chi connectivity index (χ0n) is 21.8. The van der Waals surface area contributed by atoms with Gasteiger partial charge in [0.05, 0.1) is 35.7 Å². The highest BCUT2D eigenvalue weighted by Gasteiger charge is 2.27. The van der Waals surface area contributed by atoms with Gasteiger partial charge in [0, 0.05) is 12.1 Å². The Bertz CT molecular complexity index is 1520. The van der Waals surface area contributed by atoms with Crippen LogP contribution in [0.1, 0.15) is 51.5 Å². The van der Waals surface area contributed by atoms with Crippen molar-refractivity contribution in [2.45, 2.75) is 39.8 Å². The lowest BCUT2D eigenvalue weighted by atomic mass is 10.1. The highest BCUT2D eigenvalue weighted by molar-refractivity contribution is 9.10. The largest absolute Gasteiger partial charge is 0.496 e. The number of halogens is 1. The molecule has 4 aromatic rings. The van der Waals surface area contributed by atoms with E-state index in [1.165, 1.54) is 4.68 Å². The van der Waals surface area contributed by atoms with Crippen LogP contribution in [0.25, 0.3) is 5.82 Å². The fourth-order valence-electron chi connectivity index (χ4n) is 4.50. The molecule has 1 saturated heterocycles. The number of hydrazone groups is 1. The first kappa shape index (κ1) is 26.5. The van der Waals surface area contributed by atoms with Crippen LogP contribution in [0.2, 0.25) is 0 Å². The third kappa shape index (κ3) is 5.54. The number of ether oxygens (including phenoxy) is 1. The normalized spacial score (nSPS) is 13.9. The van der Waals surface area contributed by atoms with Crippen LogP contribution in [0.3, 0.4) is 0 Å². The van der Waals surface area contributed by atoms with Crippen molar-refractivity contribution >= 4 is 33.9 Å². The average Bonchev–Trinajstić information content (AvgIpc) is 3.72. The maximum atomic E-state index is 13.3. The van der Waals surface area contributed by atoms with E-state index in [4.69, 9.17) is 15.1 Å². The molecule has 0 unspecified atom stereocenters. The van der Waals surface area contributed by atoms with Gasteiger partial charge < -0.3 is 10.5 Å². The highest BCUT2D eigenvalue weighted by Crippen LogP contribution is 2.25. The van der Waals surface area contributed by atoms with Crippen molar-refractivity contribution < 1.29 is 14.2 Å². The van der Waals surface area contributed by atoms with Gasteiger partial charge in [0.25, 0.3) is 5.91 Å². The van der Waals surface area contributed by atoms with Gasteiger partial charge in [-0.15, -0.1) is 5.10 Å². The van der Waals surface area contributed by atoms with Gasteiger partial charge in [-0.05, 0) is 89.8 Å². The Morgan fingerprint density at radius 3 is 2.72 bits per heavy atom. The first-order chi connectivity index (χ1) is 18.9. The second-order valence-electron chi connectivity index (χ2n) is 9.17. The molecule has 4 heterocycles. The van der Waals surface area contributed by atoms with Gasteiger partial charge in [-0.1, -0.05) is 5.21 Å². The van der Waals surface area contributed by atoms with E-state index < -0.39 is 5.91 Å². The van der Waals surface area contributed by atoms with Crippen molar-refractivity contribution in [3.8, 4) is 11.6 Å². The molecular formula is C24H28BrN11O3. The summed E-state index contributed by atoms with van der Waals surface area (Å²) in [4.78, 5) is 15.5. The summed E-state index contributed by atoms with van der Waals surface area (Å²) in [5, 5.41) is 24.4. The number of nitrogens with one attached hydrogen (secondary N) is 1. The van der Waals surface area contributed by atoms with Crippen LogP contribution < -0.4 is 15.9 Å². The Morgan fingerprint density at radius 1 is 1.26 bits per heavy atom. The molecule has 204 valence electrons. The molecule has 1 aliphatic heterocycles. The number of aromatic nitrogens is 7. The molecule has 0 spiro atoms. The number of hydrogen-bond donors (Lipinski definition) is 2. The van der Waals surface area contributed by atoms with Crippen molar-refractivity contribution in [3.63, 3.8) is 0 Å². The van der Waals surface area contributed by atoms with E-state index in [0.717, 1.165) is 58.7 Å². The lowest BCUT2D eigenvalue weighted by molar-refractivity contribution is 0.0945. The maximum Gasteiger partial charge on any atom is 0.292 e. The number of nitrogens with zero attached hydrogens (tertiary/aromatic N) is 9. The molecule has 0 bridgehead atoms. The monoisotopic (exact) mass is 597 g/mol. The van der Waals surface area contributed by atoms with Crippen LogP contribution in [-0.2, 0) is 13.1 Å². The molecule has 15 heteroatoms. The van der Waals surface area contributed by atoms with Gasteiger partial charge >= 0.3 is 0 Å². The Morgan fingerprint density at radius 2 is 2.05 bits per heavy atom. The van der Waals surface area contributed by atoms with Crippen molar-refractivity contribution in [3.05, 3.63) is 56.6 Å². The van der Waals surface area contributed by atoms with Crippen molar-refractivity contribution in [2.24, 2.45) is 5.10 Å². The van der Waals surface area contributed by atoms with Gasteiger partial charge in [0.1, 0.15) is 11.4 Å². The van der Waals surface area contributed by atoms with Crippen molar-refractivity contribution in [2.75, 3.05) is 25.9 Å². The van der Waals surface area contributed by atoms with E-state index in [2.05, 4.69) is 57.1 Å². The van der Waals surface area contributed by atoms with Crippen LogP contribution in [0.5, 0.6) is 5.75 Å². The number of carbonyl (C=O) groups excluding carboxylic acids is 1. The second kappa shape index (κ2) is 11.3. The van der Waals surface area contributed by atoms with E-state index in [0.29, 0.717) is 18.8 Å². The molecule has 0 aliphatic carbocycles. The number of rotatable bonds is 9. The van der Waals surface area contributed by atoms with E-state index in [-0.39, 0.29) is 17.3 Å². The minimum Gasteiger partial charge on any atom is -0.496 e. The number of benzene rings is 1. The Balaban J connectivity index is 1.37. The van der Waals surface area contributed by atoms with Crippen LogP contribution in [0.15, 0.2) is 32.4 Å². The summed E-state index contributed by atoms with van der Waals surface area (Å²) in [5.74, 6) is 0.278. The fraction of sp³-hybridized carbons (Fsp3) is 0.375. The predicted molar refractivity (Wildman–Crippen MR) is 145 cm³/mol. The Hall–Kier alpha value is -4.11. The fourth-order valence-corrected chi connectivity index (χ4v) is 4.78. The molecular weight excluding hydrogens is 570 g/mol. The summed E-state index contributed by atoms with van der Waals surface area (Å²) in [6.45, 7) is 6.76. The molecule has 1 aromatic carbocycles. The quantitative estimate of drug-likeness (QED) is 0.215. The van der Waals surface area contributed by atoms with E-state index >= 15 is 0 Å². The van der Waals surface area contributed by atoms with Crippen LogP contribution in [-0.4, -0.2) is 72.3 Å². The van der Waals surface area contributed by atoms with Gasteiger partial charge in [-0.3, -0.25) is 14.4 Å². The number of carbonyl (C=O) groups is 1. The molecule has 0 saturated carbocycles. The second-order valence-corrected chi connectivity index (χ2v) is 9.96. The molecule has 1 amide bonds. The summed E-state index contributed by atoms with van der Waals surface area (Å²) in [5.41, 5.74) is 12.7. The van der Waals surface area contributed by atoms with Crippen LogP contribution in [0.4, 0.5) is 5.82 Å². The van der Waals surface area contributed by atoms with Crippen LogP contribution >= 0.6 is 15.9 Å². The highest BCUT2D eigenvalue weighted by atomic mass is 79.9. The molecule has 1 aliphatic rings. The van der Waals surface area contributed by atoms with Crippen LogP contribution in [0, 0.1) is 13.8 Å². The van der Waals surface area contributed by atoms with Gasteiger partial charge in [0.2, 0.25) is 11.6 Å². The molecule has 1 fully saturated rings. The number of nitrogen functional groups attached to an aromatic ring is 1. The molecule has 5 rings (SSSR count). The van der Waals surface area contributed by atoms with E-state index in [1.807, 2.05) is 36.7 Å². The predicted octanol–water partition coefficient (Wildman–Crippen LogP) is 2.22. The lowest BCUT2D eigenvalue weighted by Crippen LogP contribution is -2.26. The third-order valence-corrected chi connectivity index (χ3v) is 7.67.